The van der Waals surface area contributed by atoms with Gasteiger partial charge in [0.15, 0.2) is 0 Å². The number of alkyl carbamates (subject to hydrolysis) is 1. The van der Waals surface area contributed by atoms with Crippen LogP contribution in [0.4, 0.5) is 4.79 Å². The maximum absolute atomic E-state index is 13.3. The second-order valence-corrected chi connectivity index (χ2v) is 10.1. The van der Waals surface area contributed by atoms with Crippen LogP contribution in [-0.4, -0.2) is 53.7 Å². The molecule has 0 aromatic heterocycles. The highest BCUT2D eigenvalue weighted by Gasteiger charge is 2.66. The van der Waals surface area contributed by atoms with E-state index in [1.54, 1.807) is 4.90 Å². The third-order valence-electron chi connectivity index (χ3n) is 7.88. The first kappa shape index (κ1) is 23.4. The van der Waals surface area contributed by atoms with Gasteiger partial charge in [0.25, 0.3) is 0 Å². The monoisotopic (exact) mass is 476 g/mol. The van der Waals surface area contributed by atoms with Gasteiger partial charge in [-0.15, -0.1) is 0 Å². The van der Waals surface area contributed by atoms with Crippen molar-refractivity contribution in [2.75, 3.05) is 19.7 Å². The van der Waals surface area contributed by atoms with Gasteiger partial charge in [-0.3, -0.25) is 9.59 Å². The van der Waals surface area contributed by atoms with Crippen molar-refractivity contribution in [1.29, 1.82) is 0 Å². The van der Waals surface area contributed by atoms with Crippen molar-refractivity contribution in [2.24, 2.45) is 11.3 Å². The van der Waals surface area contributed by atoms with Crippen molar-refractivity contribution in [3.63, 3.8) is 0 Å². The normalized spacial score (nSPS) is 23.7. The molecule has 0 bridgehead atoms. The van der Waals surface area contributed by atoms with Crippen LogP contribution in [0.5, 0.6) is 0 Å². The molecule has 35 heavy (non-hydrogen) atoms. The first-order valence-corrected chi connectivity index (χ1v) is 12.6. The summed E-state index contributed by atoms with van der Waals surface area (Å²) in [5, 5.41) is 12.0. The number of hydrogen-bond acceptors (Lipinski definition) is 4. The molecule has 7 nitrogen and oxygen atoms in total. The highest BCUT2D eigenvalue weighted by molar-refractivity contribution is 5.87. The van der Waals surface area contributed by atoms with Gasteiger partial charge < -0.3 is 20.1 Å². The minimum Gasteiger partial charge on any atom is -0.481 e. The number of aliphatic carboxylic acids is 1. The zero-order valence-electron chi connectivity index (χ0n) is 20.0. The summed E-state index contributed by atoms with van der Waals surface area (Å²) in [5.41, 5.74) is 4.27. The number of benzene rings is 2. The number of carboxylic acid groups (broad SMARTS) is 1. The van der Waals surface area contributed by atoms with Gasteiger partial charge in [-0.05, 0) is 53.9 Å². The van der Waals surface area contributed by atoms with Crippen LogP contribution in [0, 0.1) is 11.3 Å². The van der Waals surface area contributed by atoms with Gasteiger partial charge >= 0.3 is 12.1 Å². The number of carboxylic acids is 1. The zero-order valence-corrected chi connectivity index (χ0v) is 20.0. The summed E-state index contributed by atoms with van der Waals surface area (Å²) in [6.07, 6.45) is 2.46. The predicted molar refractivity (Wildman–Crippen MR) is 131 cm³/mol. The average molecular weight is 477 g/mol. The van der Waals surface area contributed by atoms with Crippen LogP contribution in [0.15, 0.2) is 48.5 Å². The van der Waals surface area contributed by atoms with Crippen LogP contribution in [0.2, 0.25) is 0 Å². The highest BCUT2D eigenvalue weighted by Crippen LogP contribution is 2.64. The highest BCUT2D eigenvalue weighted by atomic mass is 16.5. The number of nitrogens with zero attached hydrogens (tertiary/aromatic N) is 1. The summed E-state index contributed by atoms with van der Waals surface area (Å²) < 4.78 is 5.69. The number of fused-ring (bicyclic) bond motifs is 4. The van der Waals surface area contributed by atoms with E-state index < -0.39 is 17.5 Å². The molecule has 0 aliphatic heterocycles. The van der Waals surface area contributed by atoms with E-state index in [0.29, 0.717) is 13.0 Å². The Labute approximate surface area is 205 Å². The Hall–Kier alpha value is -3.35. The maximum atomic E-state index is 13.3. The summed E-state index contributed by atoms with van der Waals surface area (Å²) in [4.78, 5) is 38.7. The van der Waals surface area contributed by atoms with Gasteiger partial charge in [-0.25, -0.2) is 4.79 Å². The van der Waals surface area contributed by atoms with E-state index in [1.807, 2.05) is 31.2 Å². The number of rotatable bonds is 9. The largest absolute Gasteiger partial charge is 0.481 e. The summed E-state index contributed by atoms with van der Waals surface area (Å²) in [6, 6.07) is 16.4. The molecule has 2 aromatic carbocycles. The summed E-state index contributed by atoms with van der Waals surface area (Å²) in [7, 11) is 0. The van der Waals surface area contributed by atoms with Crippen LogP contribution in [0.1, 0.15) is 56.1 Å². The van der Waals surface area contributed by atoms with E-state index in [4.69, 9.17) is 9.84 Å². The molecule has 2 fully saturated rings. The van der Waals surface area contributed by atoms with E-state index >= 15 is 0 Å². The van der Waals surface area contributed by atoms with Crippen molar-refractivity contribution in [3.05, 3.63) is 59.7 Å². The number of nitrogens with one attached hydrogen (secondary N) is 1. The third kappa shape index (κ3) is 4.40. The molecule has 3 atom stereocenters. The molecule has 2 aromatic rings. The molecule has 2 amide bonds. The lowest BCUT2D eigenvalue weighted by molar-refractivity contribution is -0.140. The molecular formula is C28H32N2O5. The second-order valence-electron chi connectivity index (χ2n) is 10.1. The number of hydrogen-bond donors (Lipinski definition) is 2. The Bertz CT molecular complexity index is 1100. The lowest BCUT2D eigenvalue weighted by Crippen LogP contribution is -2.41. The van der Waals surface area contributed by atoms with Crippen LogP contribution >= 0.6 is 0 Å². The number of carbonyl (C=O) groups excluding carboxylic acids is 2. The summed E-state index contributed by atoms with van der Waals surface area (Å²) in [5.74, 6) is -0.597. The van der Waals surface area contributed by atoms with Gasteiger partial charge in [-0.2, -0.15) is 0 Å². The Balaban J connectivity index is 1.17. The Morgan fingerprint density at radius 3 is 2.31 bits per heavy atom. The fourth-order valence-electron chi connectivity index (χ4n) is 6.20. The minimum absolute atomic E-state index is 0.00916. The molecule has 2 saturated carbocycles. The summed E-state index contributed by atoms with van der Waals surface area (Å²) in [6.45, 7) is 3.05. The molecule has 5 rings (SSSR count). The van der Waals surface area contributed by atoms with Crippen molar-refractivity contribution >= 4 is 18.0 Å². The van der Waals surface area contributed by atoms with Gasteiger partial charge in [0.1, 0.15) is 6.61 Å². The lowest BCUT2D eigenvalue weighted by atomic mass is 9.98. The average Bonchev–Trinajstić information content (AvgIpc) is 3.27. The minimum atomic E-state index is -0.898. The Morgan fingerprint density at radius 1 is 1.03 bits per heavy atom. The Morgan fingerprint density at radius 2 is 1.69 bits per heavy atom. The predicted octanol–water partition coefficient (Wildman–Crippen LogP) is 4.41. The first-order valence-electron chi connectivity index (χ1n) is 12.6. The van der Waals surface area contributed by atoms with Crippen LogP contribution in [0.25, 0.3) is 11.1 Å². The van der Waals surface area contributed by atoms with E-state index in [1.165, 1.54) is 22.3 Å². The molecule has 3 aliphatic carbocycles. The number of amides is 2. The first-order chi connectivity index (χ1) is 16.9. The lowest BCUT2D eigenvalue weighted by Gasteiger charge is -2.27. The van der Waals surface area contributed by atoms with E-state index in [-0.39, 0.29) is 43.4 Å². The number of ether oxygens (including phenoxy) is 1. The third-order valence-corrected chi connectivity index (χ3v) is 7.88. The fourth-order valence-corrected chi connectivity index (χ4v) is 6.20. The molecule has 2 N–H and O–H groups in total. The van der Waals surface area contributed by atoms with E-state index in [2.05, 4.69) is 29.6 Å². The van der Waals surface area contributed by atoms with Crippen LogP contribution < -0.4 is 5.32 Å². The summed E-state index contributed by atoms with van der Waals surface area (Å²) >= 11 is 0. The van der Waals surface area contributed by atoms with Crippen molar-refractivity contribution in [2.45, 2.75) is 51.0 Å². The molecule has 3 aliphatic rings. The molecular weight excluding hydrogens is 444 g/mol. The molecule has 0 saturated heterocycles. The smallest absolute Gasteiger partial charge is 0.407 e. The van der Waals surface area contributed by atoms with Gasteiger partial charge in [0, 0.05) is 25.0 Å². The molecule has 0 heterocycles. The van der Waals surface area contributed by atoms with Crippen molar-refractivity contribution < 1.29 is 24.2 Å². The zero-order chi connectivity index (χ0) is 24.6. The molecule has 0 spiro atoms. The fraction of sp³-hybridized carbons (Fsp3) is 0.464. The molecule has 184 valence electrons. The maximum Gasteiger partial charge on any atom is 0.407 e. The van der Waals surface area contributed by atoms with Gasteiger partial charge in [0.05, 0.1) is 11.8 Å². The molecule has 7 heteroatoms. The second kappa shape index (κ2) is 9.36. The number of carbonyl (C=O) groups is 3. The van der Waals surface area contributed by atoms with E-state index in [9.17, 15) is 14.4 Å². The van der Waals surface area contributed by atoms with Crippen LogP contribution in [0.3, 0.4) is 0 Å². The van der Waals surface area contributed by atoms with Gasteiger partial charge in [0.2, 0.25) is 5.91 Å². The molecule has 0 radical (unpaired) electrons. The molecule has 0 unspecified atom stereocenters. The Kier molecular flexibility index (Phi) is 6.26. The van der Waals surface area contributed by atoms with Crippen molar-refractivity contribution in [3.8, 4) is 11.1 Å². The quantitative estimate of drug-likeness (QED) is 0.559. The van der Waals surface area contributed by atoms with Gasteiger partial charge in [-0.1, -0.05) is 55.5 Å². The van der Waals surface area contributed by atoms with E-state index in [0.717, 1.165) is 19.3 Å². The van der Waals surface area contributed by atoms with Crippen molar-refractivity contribution in [1.82, 2.24) is 10.2 Å². The standard InChI is InChI=1S/C28H32N2O5/c1-2-12-30(13-11-25(31)32)26(33)28-15-18(28)14-19(16-28)29-27(34)35-17-24-22-9-5-3-7-20(22)21-8-4-6-10-23(21)24/h3-10,18-19,24H,2,11-17H2,1H3,(H,29,34)(H,31,32)/t18-,19+,28+/m1/s1. The SMILES string of the molecule is CCCN(CCC(=O)O)C(=O)[C@@]12C[C@@H](NC(=O)OCC3c4ccccc4-c4ccccc43)C[C@@H]1C2. The topological polar surface area (TPSA) is 95.9 Å². The van der Waals surface area contributed by atoms with Crippen LogP contribution in [-0.2, 0) is 14.3 Å².